The van der Waals surface area contributed by atoms with E-state index in [0.29, 0.717) is 17.2 Å². The van der Waals surface area contributed by atoms with Gasteiger partial charge in [0.15, 0.2) is 11.4 Å². The third-order valence-electron chi connectivity index (χ3n) is 5.59. The van der Waals surface area contributed by atoms with Gasteiger partial charge in [0.05, 0.1) is 11.6 Å². The summed E-state index contributed by atoms with van der Waals surface area (Å²) >= 11 is 13.1. The largest absolute Gasteiger partial charge is 0.475 e. The van der Waals surface area contributed by atoms with E-state index in [1.165, 1.54) is 0 Å². The highest BCUT2D eigenvalue weighted by Gasteiger charge is 2.45. The molecule has 1 atom stereocenters. The van der Waals surface area contributed by atoms with Crippen LogP contribution in [0, 0.1) is 5.41 Å². The fraction of sp³-hybridized carbons (Fsp3) is 0.524. The third-order valence-corrected chi connectivity index (χ3v) is 6.44. The molecule has 0 heterocycles. The molecular formula is C21H24Cl2O4. The number of hydrogen-bond acceptors (Lipinski definition) is 4. The molecule has 0 aromatic heterocycles. The van der Waals surface area contributed by atoms with Crippen LogP contribution in [0.2, 0.25) is 10.0 Å². The fourth-order valence-electron chi connectivity index (χ4n) is 4.04. The lowest BCUT2D eigenvalue weighted by molar-refractivity contribution is -0.158. The fourth-order valence-corrected chi connectivity index (χ4v) is 4.54. The van der Waals surface area contributed by atoms with Gasteiger partial charge in [-0.15, -0.1) is 0 Å². The first kappa shape index (κ1) is 20.2. The van der Waals surface area contributed by atoms with Crippen molar-refractivity contribution >= 4 is 40.5 Å². The molecule has 3 rings (SSSR count). The van der Waals surface area contributed by atoms with Crippen LogP contribution in [0.5, 0.6) is 5.75 Å². The molecule has 1 unspecified atom stereocenters. The Labute approximate surface area is 169 Å². The second kappa shape index (κ2) is 7.14. The SMILES string of the molecule is CCOC(=O)C(C)(C)Oc1cc2c(c(Cl)c1Cl)C1=CC(=O)CCC1(CC)C2. The van der Waals surface area contributed by atoms with Gasteiger partial charge in [-0.2, -0.15) is 0 Å². The smallest absolute Gasteiger partial charge is 0.349 e. The molecule has 4 nitrogen and oxygen atoms in total. The molecule has 0 bridgehead atoms. The summed E-state index contributed by atoms with van der Waals surface area (Å²) in [5, 5.41) is 0.624. The zero-order valence-corrected chi connectivity index (χ0v) is 17.6. The number of esters is 1. The van der Waals surface area contributed by atoms with Crippen LogP contribution in [0.3, 0.4) is 0 Å². The van der Waals surface area contributed by atoms with E-state index >= 15 is 0 Å². The first-order valence-corrected chi connectivity index (χ1v) is 10.0. The highest BCUT2D eigenvalue weighted by Crippen LogP contribution is 2.57. The van der Waals surface area contributed by atoms with Crippen LogP contribution in [-0.2, 0) is 20.7 Å². The maximum atomic E-state index is 12.2. The van der Waals surface area contributed by atoms with Gasteiger partial charge in [0.2, 0.25) is 0 Å². The van der Waals surface area contributed by atoms with Crippen LogP contribution in [0.1, 0.15) is 58.1 Å². The minimum Gasteiger partial charge on any atom is -0.475 e. The molecule has 146 valence electrons. The minimum absolute atomic E-state index is 0.0848. The van der Waals surface area contributed by atoms with Crippen LogP contribution < -0.4 is 4.74 Å². The Bertz CT molecular complexity index is 841. The number of ether oxygens (including phenoxy) is 2. The van der Waals surface area contributed by atoms with Crippen molar-refractivity contribution in [1.29, 1.82) is 0 Å². The number of rotatable bonds is 5. The maximum Gasteiger partial charge on any atom is 0.349 e. The Kier molecular flexibility index (Phi) is 5.35. The highest BCUT2D eigenvalue weighted by atomic mass is 35.5. The zero-order valence-electron chi connectivity index (χ0n) is 16.1. The second-order valence-electron chi connectivity index (χ2n) is 7.70. The molecule has 0 amide bonds. The molecule has 0 saturated heterocycles. The number of hydrogen-bond donors (Lipinski definition) is 0. The molecule has 6 heteroatoms. The summed E-state index contributed by atoms with van der Waals surface area (Å²) in [5.74, 6) is 0.0119. The van der Waals surface area contributed by atoms with Gasteiger partial charge in [-0.25, -0.2) is 4.79 Å². The molecule has 0 spiro atoms. The van der Waals surface area contributed by atoms with Gasteiger partial charge in [-0.05, 0) is 63.3 Å². The Morgan fingerprint density at radius 1 is 1.26 bits per heavy atom. The molecule has 2 aliphatic carbocycles. The van der Waals surface area contributed by atoms with E-state index in [4.69, 9.17) is 32.7 Å². The number of carbonyl (C=O) groups excluding carboxylic acids is 2. The number of allylic oxidation sites excluding steroid dienone is 2. The van der Waals surface area contributed by atoms with Gasteiger partial charge < -0.3 is 9.47 Å². The second-order valence-corrected chi connectivity index (χ2v) is 8.46. The third kappa shape index (κ3) is 3.38. The first-order chi connectivity index (χ1) is 12.6. The van der Waals surface area contributed by atoms with E-state index < -0.39 is 11.6 Å². The van der Waals surface area contributed by atoms with Gasteiger partial charge in [-0.3, -0.25) is 4.79 Å². The van der Waals surface area contributed by atoms with Crippen molar-refractivity contribution in [3.8, 4) is 5.75 Å². The quantitative estimate of drug-likeness (QED) is 0.608. The summed E-state index contributed by atoms with van der Waals surface area (Å²) in [6.07, 6.45) is 4.78. The molecule has 1 aromatic carbocycles. The van der Waals surface area contributed by atoms with Crippen molar-refractivity contribution in [3.05, 3.63) is 33.3 Å². The summed E-state index contributed by atoms with van der Waals surface area (Å²) in [5.41, 5.74) is 1.55. The summed E-state index contributed by atoms with van der Waals surface area (Å²) in [7, 11) is 0. The lowest BCUT2D eigenvalue weighted by atomic mass is 9.71. The van der Waals surface area contributed by atoms with E-state index in [-0.39, 0.29) is 22.8 Å². The zero-order chi connectivity index (χ0) is 20.0. The number of benzene rings is 1. The summed E-state index contributed by atoms with van der Waals surface area (Å²) in [4.78, 5) is 24.2. The van der Waals surface area contributed by atoms with Crippen LogP contribution in [-0.4, -0.2) is 24.0 Å². The van der Waals surface area contributed by atoms with Gasteiger partial charge in [0, 0.05) is 17.4 Å². The van der Waals surface area contributed by atoms with Crippen molar-refractivity contribution in [2.45, 2.75) is 59.0 Å². The van der Waals surface area contributed by atoms with Crippen molar-refractivity contribution in [3.63, 3.8) is 0 Å². The topological polar surface area (TPSA) is 52.6 Å². The van der Waals surface area contributed by atoms with E-state index in [0.717, 1.165) is 36.0 Å². The minimum atomic E-state index is -1.19. The van der Waals surface area contributed by atoms with Gasteiger partial charge in [0.1, 0.15) is 10.8 Å². The average Bonchev–Trinajstić information content (AvgIpc) is 2.93. The Morgan fingerprint density at radius 3 is 2.59 bits per heavy atom. The van der Waals surface area contributed by atoms with Crippen molar-refractivity contribution in [2.24, 2.45) is 5.41 Å². The van der Waals surface area contributed by atoms with Crippen molar-refractivity contribution in [2.75, 3.05) is 6.61 Å². The standard InChI is InChI=1S/C21H24Cl2O4/c1-5-21-8-7-13(24)10-14(21)16-12(11-21)9-15(17(22)18(16)23)27-20(3,4)19(25)26-6-2/h9-10H,5-8,11H2,1-4H3. The molecule has 0 aliphatic heterocycles. The maximum absolute atomic E-state index is 12.2. The van der Waals surface area contributed by atoms with Gasteiger partial charge >= 0.3 is 5.97 Å². The highest BCUT2D eigenvalue weighted by molar-refractivity contribution is 6.44. The Hall–Kier alpha value is -1.52. The number of carbonyl (C=O) groups is 2. The molecule has 0 fully saturated rings. The number of halogens is 2. The summed E-state index contributed by atoms with van der Waals surface area (Å²) in [6, 6.07) is 1.85. The number of fused-ring (bicyclic) bond motifs is 3. The summed E-state index contributed by atoms with van der Waals surface area (Å²) in [6.45, 7) is 7.42. The monoisotopic (exact) mass is 410 g/mol. The Balaban J connectivity index is 2.05. The molecule has 0 radical (unpaired) electrons. The molecular weight excluding hydrogens is 387 g/mol. The molecule has 2 aliphatic rings. The Morgan fingerprint density at radius 2 is 1.96 bits per heavy atom. The van der Waals surface area contributed by atoms with Crippen LogP contribution in [0.4, 0.5) is 0 Å². The van der Waals surface area contributed by atoms with Crippen LogP contribution in [0.25, 0.3) is 5.57 Å². The van der Waals surface area contributed by atoms with Crippen molar-refractivity contribution in [1.82, 2.24) is 0 Å². The van der Waals surface area contributed by atoms with E-state index in [1.54, 1.807) is 26.8 Å². The molecule has 1 aromatic rings. The number of ketones is 1. The normalized spacial score (nSPS) is 21.4. The van der Waals surface area contributed by atoms with E-state index in [1.807, 2.05) is 6.07 Å². The van der Waals surface area contributed by atoms with E-state index in [9.17, 15) is 9.59 Å². The molecule has 0 saturated carbocycles. The van der Waals surface area contributed by atoms with Gasteiger partial charge in [-0.1, -0.05) is 30.1 Å². The van der Waals surface area contributed by atoms with Crippen molar-refractivity contribution < 1.29 is 19.1 Å². The van der Waals surface area contributed by atoms with E-state index in [2.05, 4.69) is 6.92 Å². The molecule has 0 N–H and O–H groups in total. The predicted octanol–water partition coefficient (Wildman–Crippen LogP) is 5.41. The first-order valence-electron chi connectivity index (χ1n) is 9.27. The van der Waals surface area contributed by atoms with Gasteiger partial charge in [0.25, 0.3) is 0 Å². The predicted molar refractivity (Wildman–Crippen MR) is 106 cm³/mol. The summed E-state index contributed by atoms with van der Waals surface area (Å²) < 4.78 is 11.0. The molecule has 27 heavy (non-hydrogen) atoms. The average molecular weight is 411 g/mol. The lowest BCUT2D eigenvalue weighted by Gasteiger charge is -2.32. The lowest BCUT2D eigenvalue weighted by Crippen LogP contribution is -2.39. The van der Waals surface area contributed by atoms with Crippen LogP contribution >= 0.6 is 23.2 Å². The van der Waals surface area contributed by atoms with Crippen LogP contribution in [0.15, 0.2) is 12.1 Å².